The number of hydrogen-bond donors (Lipinski definition) is 1. The molecular weight excluding hydrogens is 298 g/mol. The molecule has 0 saturated heterocycles. The summed E-state index contributed by atoms with van der Waals surface area (Å²) >= 11 is 0. The van der Waals surface area contributed by atoms with E-state index in [1.807, 2.05) is 12.1 Å². The molecule has 5 rings (SSSR count). The summed E-state index contributed by atoms with van der Waals surface area (Å²) in [7, 11) is 0. The molecule has 1 heterocycles. The molecule has 3 nitrogen and oxygen atoms in total. The SMILES string of the molecule is O=C([O-])c1cccc2c1N[C@@H](c1ccccc1)[C@@H]1[C@H]3CC[C@@H](C3)[C@H]21. The number of fused-ring (bicyclic) bond motifs is 7. The third kappa shape index (κ3) is 1.87. The second kappa shape index (κ2) is 5.10. The Kier molecular flexibility index (Phi) is 2.99. The van der Waals surface area contributed by atoms with Gasteiger partial charge in [-0.1, -0.05) is 48.5 Å². The van der Waals surface area contributed by atoms with Crippen LogP contribution in [0.4, 0.5) is 5.69 Å². The Morgan fingerprint density at radius 3 is 2.58 bits per heavy atom. The minimum atomic E-state index is -1.09. The van der Waals surface area contributed by atoms with Crippen LogP contribution in [0.2, 0.25) is 0 Å². The third-order valence-electron chi connectivity index (χ3n) is 6.50. The van der Waals surface area contributed by atoms with Gasteiger partial charge < -0.3 is 15.2 Å². The van der Waals surface area contributed by atoms with Gasteiger partial charge in [0.25, 0.3) is 0 Å². The molecule has 5 atom stereocenters. The number of carbonyl (C=O) groups excluding carboxylic acids is 1. The first-order valence-corrected chi connectivity index (χ1v) is 8.90. The molecule has 2 aromatic carbocycles. The number of carbonyl (C=O) groups is 1. The van der Waals surface area contributed by atoms with Gasteiger partial charge >= 0.3 is 0 Å². The van der Waals surface area contributed by atoms with Gasteiger partial charge in [0.2, 0.25) is 0 Å². The lowest BCUT2D eigenvalue weighted by atomic mass is 9.67. The molecule has 1 N–H and O–H groups in total. The number of anilines is 1. The number of carboxylic acids is 1. The number of rotatable bonds is 2. The maximum atomic E-state index is 11.6. The first-order chi connectivity index (χ1) is 11.7. The van der Waals surface area contributed by atoms with Crippen molar-refractivity contribution in [2.45, 2.75) is 31.2 Å². The Balaban J connectivity index is 1.69. The van der Waals surface area contributed by atoms with Gasteiger partial charge in [0.15, 0.2) is 0 Å². The number of benzene rings is 2. The maximum Gasteiger partial charge on any atom is 0.0736 e. The van der Waals surface area contributed by atoms with Crippen molar-refractivity contribution in [3.8, 4) is 0 Å². The van der Waals surface area contributed by atoms with Gasteiger partial charge in [-0.25, -0.2) is 0 Å². The van der Waals surface area contributed by atoms with Crippen molar-refractivity contribution >= 4 is 11.7 Å². The molecule has 0 amide bonds. The molecule has 1 aliphatic heterocycles. The number of para-hydroxylation sites is 1. The van der Waals surface area contributed by atoms with E-state index in [-0.39, 0.29) is 6.04 Å². The molecule has 2 aliphatic carbocycles. The minimum Gasteiger partial charge on any atom is -0.545 e. The van der Waals surface area contributed by atoms with Gasteiger partial charge in [0, 0.05) is 11.3 Å². The molecular formula is C21H20NO2-. The van der Waals surface area contributed by atoms with Crippen molar-refractivity contribution in [3.05, 3.63) is 65.2 Å². The highest BCUT2D eigenvalue weighted by molar-refractivity contribution is 5.94. The van der Waals surface area contributed by atoms with Crippen LogP contribution in [0.3, 0.4) is 0 Å². The van der Waals surface area contributed by atoms with Gasteiger partial charge in [0.1, 0.15) is 0 Å². The lowest BCUT2D eigenvalue weighted by molar-refractivity contribution is -0.254. The zero-order valence-corrected chi connectivity index (χ0v) is 13.4. The van der Waals surface area contributed by atoms with Crippen LogP contribution in [0.15, 0.2) is 48.5 Å². The van der Waals surface area contributed by atoms with Crippen molar-refractivity contribution in [2.75, 3.05) is 5.32 Å². The average Bonchev–Trinajstić information content (AvgIpc) is 3.23. The quantitative estimate of drug-likeness (QED) is 0.924. The van der Waals surface area contributed by atoms with E-state index in [4.69, 9.17) is 0 Å². The van der Waals surface area contributed by atoms with Crippen LogP contribution in [0.5, 0.6) is 0 Å². The number of nitrogens with one attached hydrogen (secondary N) is 1. The van der Waals surface area contributed by atoms with E-state index in [0.29, 0.717) is 23.3 Å². The number of carboxylic acid groups (broad SMARTS) is 1. The van der Waals surface area contributed by atoms with E-state index >= 15 is 0 Å². The largest absolute Gasteiger partial charge is 0.545 e. The van der Waals surface area contributed by atoms with E-state index < -0.39 is 5.97 Å². The second-order valence-corrected chi connectivity index (χ2v) is 7.53. The summed E-state index contributed by atoms with van der Waals surface area (Å²) in [5.74, 6) is 1.40. The molecule has 0 radical (unpaired) electrons. The van der Waals surface area contributed by atoms with Crippen molar-refractivity contribution in [1.82, 2.24) is 0 Å². The third-order valence-corrected chi connectivity index (χ3v) is 6.50. The molecule has 2 bridgehead atoms. The number of aromatic carboxylic acids is 1. The summed E-state index contributed by atoms with van der Waals surface area (Å²) in [6, 6.07) is 16.3. The van der Waals surface area contributed by atoms with Gasteiger partial charge in [-0.2, -0.15) is 0 Å². The summed E-state index contributed by atoms with van der Waals surface area (Å²) in [4.78, 5) is 11.6. The highest BCUT2D eigenvalue weighted by atomic mass is 16.4. The monoisotopic (exact) mass is 318 g/mol. The van der Waals surface area contributed by atoms with Crippen LogP contribution in [0, 0.1) is 17.8 Å². The molecule has 0 aromatic heterocycles. The van der Waals surface area contributed by atoms with Crippen LogP contribution in [0.1, 0.15) is 52.7 Å². The van der Waals surface area contributed by atoms with Crippen LogP contribution in [0.25, 0.3) is 0 Å². The maximum absolute atomic E-state index is 11.6. The molecule has 2 fully saturated rings. The summed E-state index contributed by atoms with van der Waals surface area (Å²) in [6.07, 6.45) is 3.88. The Labute approximate surface area is 141 Å². The van der Waals surface area contributed by atoms with E-state index in [1.165, 1.54) is 30.4 Å². The van der Waals surface area contributed by atoms with Gasteiger partial charge in [-0.15, -0.1) is 0 Å². The predicted molar refractivity (Wildman–Crippen MR) is 90.6 cm³/mol. The summed E-state index contributed by atoms with van der Waals surface area (Å²) in [5.41, 5.74) is 3.55. The number of hydrogen-bond acceptors (Lipinski definition) is 3. The molecule has 3 heteroatoms. The van der Waals surface area contributed by atoms with Crippen LogP contribution in [-0.2, 0) is 0 Å². The first kappa shape index (κ1) is 14.1. The van der Waals surface area contributed by atoms with E-state index in [1.54, 1.807) is 6.07 Å². The fourth-order valence-corrected chi connectivity index (χ4v) is 5.67. The normalized spacial score (nSPS) is 32.8. The minimum absolute atomic E-state index is 0.194. The fourth-order valence-electron chi connectivity index (χ4n) is 5.67. The molecule has 3 aliphatic rings. The van der Waals surface area contributed by atoms with Crippen molar-refractivity contribution < 1.29 is 9.90 Å². The summed E-state index contributed by atoms with van der Waals surface area (Å²) < 4.78 is 0. The Bertz CT molecular complexity index is 801. The van der Waals surface area contributed by atoms with Crippen molar-refractivity contribution in [1.29, 1.82) is 0 Å². The van der Waals surface area contributed by atoms with Gasteiger partial charge in [0.05, 0.1) is 12.0 Å². The summed E-state index contributed by atoms with van der Waals surface area (Å²) in [5, 5.41) is 15.2. The fraction of sp³-hybridized carbons (Fsp3) is 0.381. The molecule has 122 valence electrons. The van der Waals surface area contributed by atoms with E-state index in [9.17, 15) is 9.90 Å². The zero-order chi connectivity index (χ0) is 16.3. The highest BCUT2D eigenvalue weighted by Crippen LogP contribution is 2.63. The average molecular weight is 318 g/mol. The second-order valence-electron chi connectivity index (χ2n) is 7.53. The van der Waals surface area contributed by atoms with Crippen LogP contribution in [-0.4, -0.2) is 5.97 Å². The Morgan fingerprint density at radius 2 is 1.79 bits per heavy atom. The standard InChI is InChI=1S/C21H21NO2/c23-21(24)16-8-4-7-15-17-13-9-10-14(11-13)18(17)19(22-20(15)16)12-5-2-1-3-6-12/h1-8,13-14,17-19,22H,9-11H2,(H,23,24)/p-1/t13-,14-,17+,18+,19-/m0/s1. The smallest absolute Gasteiger partial charge is 0.0736 e. The van der Waals surface area contributed by atoms with E-state index in [2.05, 4.69) is 35.6 Å². The van der Waals surface area contributed by atoms with Crippen LogP contribution < -0.4 is 10.4 Å². The highest BCUT2D eigenvalue weighted by Gasteiger charge is 2.53. The lowest BCUT2D eigenvalue weighted by Crippen LogP contribution is -2.37. The Morgan fingerprint density at radius 1 is 1.00 bits per heavy atom. The molecule has 2 aromatic rings. The predicted octanol–water partition coefficient (Wildman–Crippen LogP) is 3.35. The summed E-state index contributed by atoms with van der Waals surface area (Å²) in [6.45, 7) is 0. The molecule has 0 spiro atoms. The topological polar surface area (TPSA) is 52.2 Å². The van der Waals surface area contributed by atoms with Crippen LogP contribution >= 0.6 is 0 Å². The molecule has 0 unspecified atom stereocenters. The molecule has 24 heavy (non-hydrogen) atoms. The molecule has 2 saturated carbocycles. The lowest BCUT2D eigenvalue weighted by Gasteiger charge is -2.44. The van der Waals surface area contributed by atoms with Crippen molar-refractivity contribution in [3.63, 3.8) is 0 Å². The Hall–Kier alpha value is -2.29. The zero-order valence-electron chi connectivity index (χ0n) is 13.4. The van der Waals surface area contributed by atoms with Gasteiger partial charge in [-0.05, 0) is 54.1 Å². The van der Waals surface area contributed by atoms with E-state index in [0.717, 1.165) is 11.6 Å². The first-order valence-electron chi connectivity index (χ1n) is 8.90. The van der Waals surface area contributed by atoms with Crippen molar-refractivity contribution in [2.24, 2.45) is 17.8 Å². The van der Waals surface area contributed by atoms with Gasteiger partial charge in [-0.3, -0.25) is 0 Å².